The zero-order valence-corrected chi connectivity index (χ0v) is 15.3. The minimum absolute atomic E-state index is 0.322. The molecule has 1 aliphatic rings. The van der Waals surface area contributed by atoms with Gasteiger partial charge in [-0.05, 0) is 40.4 Å². The van der Waals surface area contributed by atoms with Crippen molar-refractivity contribution in [1.82, 2.24) is 0 Å². The molecular formula is C16H22Br2O2. The maximum atomic E-state index is 5.52. The monoisotopic (exact) mass is 404 g/mol. The highest BCUT2D eigenvalue weighted by molar-refractivity contribution is 9.10. The van der Waals surface area contributed by atoms with Crippen LogP contribution < -0.4 is 9.47 Å². The first-order valence-electron chi connectivity index (χ1n) is 7.21. The Kier molecular flexibility index (Phi) is 6.21. The third kappa shape index (κ3) is 3.91. The molecule has 2 rings (SSSR count). The number of ether oxygens (including phenoxy) is 2. The van der Waals surface area contributed by atoms with Crippen molar-refractivity contribution in [2.75, 3.05) is 14.2 Å². The second-order valence-corrected chi connectivity index (χ2v) is 7.40. The first-order chi connectivity index (χ1) is 9.65. The van der Waals surface area contributed by atoms with Gasteiger partial charge >= 0.3 is 0 Å². The Morgan fingerprint density at radius 3 is 2.35 bits per heavy atom. The zero-order chi connectivity index (χ0) is 14.5. The maximum Gasteiger partial charge on any atom is 0.133 e. The van der Waals surface area contributed by atoms with Crippen LogP contribution in [0.15, 0.2) is 16.6 Å². The van der Waals surface area contributed by atoms with Crippen LogP contribution in [0.5, 0.6) is 11.5 Å². The number of hydrogen-bond acceptors (Lipinski definition) is 2. The van der Waals surface area contributed by atoms with Crippen LogP contribution in [0.4, 0.5) is 0 Å². The lowest BCUT2D eigenvalue weighted by atomic mass is 9.85. The minimum Gasteiger partial charge on any atom is -0.496 e. The molecule has 0 heterocycles. The number of methoxy groups -OCH3 is 2. The quantitative estimate of drug-likeness (QED) is 0.570. The van der Waals surface area contributed by atoms with Crippen LogP contribution in [0.1, 0.15) is 48.9 Å². The molecule has 1 aromatic rings. The minimum atomic E-state index is 0.322. The number of rotatable bonds is 5. The maximum absolute atomic E-state index is 5.52. The highest BCUT2D eigenvalue weighted by atomic mass is 79.9. The Morgan fingerprint density at radius 2 is 1.75 bits per heavy atom. The van der Waals surface area contributed by atoms with Gasteiger partial charge in [-0.15, -0.1) is 0 Å². The summed E-state index contributed by atoms with van der Waals surface area (Å²) in [4.78, 5) is 0.322. The standard InChI is InChI=1S/C16H22Br2O2/c1-19-15-10-14(18)16(20-2)9-12(15)13(17)8-11-6-4-3-5-7-11/h9-11,13H,3-8H2,1-2H3. The van der Waals surface area contributed by atoms with E-state index in [-0.39, 0.29) is 0 Å². The van der Waals surface area contributed by atoms with Gasteiger partial charge in [-0.3, -0.25) is 0 Å². The van der Waals surface area contributed by atoms with Crippen LogP contribution in [0.2, 0.25) is 0 Å². The highest BCUT2D eigenvalue weighted by Crippen LogP contribution is 2.43. The first-order valence-corrected chi connectivity index (χ1v) is 8.92. The van der Waals surface area contributed by atoms with E-state index < -0.39 is 0 Å². The molecule has 0 spiro atoms. The third-order valence-electron chi connectivity index (χ3n) is 4.11. The number of benzene rings is 1. The van der Waals surface area contributed by atoms with Crippen molar-refractivity contribution >= 4 is 31.9 Å². The fourth-order valence-electron chi connectivity index (χ4n) is 2.97. The van der Waals surface area contributed by atoms with Gasteiger partial charge in [-0.25, -0.2) is 0 Å². The molecule has 2 nitrogen and oxygen atoms in total. The topological polar surface area (TPSA) is 18.5 Å². The van der Waals surface area contributed by atoms with Crippen molar-refractivity contribution in [1.29, 1.82) is 0 Å². The van der Waals surface area contributed by atoms with E-state index in [1.165, 1.54) is 44.1 Å². The molecule has 20 heavy (non-hydrogen) atoms. The molecule has 0 bridgehead atoms. The van der Waals surface area contributed by atoms with Crippen molar-refractivity contribution in [3.8, 4) is 11.5 Å². The van der Waals surface area contributed by atoms with Crippen LogP contribution >= 0.6 is 31.9 Å². The average molecular weight is 406 g/mol. The first kappa shape index (κ1) is 16.2. The van der Waals surface area contributed by atoms with E-state index >= 15 is 0 Å². The Labute approximate surface area is 138 Å². The van der Waals surface area contributed by atoms with Crippen LogP contribution in [0, 0.1) is 5.92 Å². The Morgan fingerprint density at radius 1 is 1.10 bits per heavy atom. The van der Waals surface area contributed by atoms with Gasteiger partial charge in [0.25, 0.3) is 0 Å². The summed E-state index contributed by atoms with van der Waals surface area (Å²) in [5.41, 5.74) is 1.18. The van der Waals surface area contributed by atoms with E-state index in [0.717, 1.165) is 21.9 Å². The fourth-order valence-corrected chi connectivity index (χ4v) is 4.34. The summed E-state index contributed by atoms with van der Waals surface area (Å²) in [6, 6.07) is 4.06. The van der Waals surface area contributed by atoms with Gasteiger partial charge in [0, 0.05) is 10.4 Å². The van der Waals surface area contributed by atoms with Gasteiger partial charge < -0.3 is 9.47 Å². The van der Waals surface area contributed by atoms with Gasteiger partial charge in [-0.1, -0.05) is 48.0 Å². The van der Waals surface area contributed by atoms with Crippen molar-refractivity contribution in [2.24, 2.45) is 5.92 Å². The van der Waals surface area contributed by atoms with Gasteiger partial charge in [0.1, 0.15) is 11.5 Å². The van der Waals surface area contributed by atoms with Crippen LogP contribution in [-0.4, -0.2) is 14.2 Å². The number of alkyl halides is 1. The van der Waals surface area contributed by atoms with E-state index in [2.05, 4.69) is 37.9 Å². The lowest BCUT2D eigenvalue weighted by Crippen LogP contribution is -2.09. The summed E-state index contributed by atoms with van der Waals surface area (Å²) in [6.07, 6.45) is 8.05. The summed E-state index contributed by atoms with van der Waals surface area (Å²) in [7, 11) is 3.42. The molecule has 1 aromatic carbocycles. The molecule has 1 atom stereocenters. The predicted octanol–water partition coefficient (Wildman–Crippen LogP) is 5.87. The molecule has 0 aliphatic heterocycles. The Hall–Kier alpha value is -0.220. The summed E-state index contributed by atoms with van der Waals surface area (Å²) < 4.78 is 11.9. The highest BCUT2D eigenvalue weighted by Gasteiger charge is 2.22. The molecule has 0 radical (unpaired) electrons. The molecule has 1 fully saturated rings. The zero-order valence-electron chi connectivity index (χ0n) is 12.1. The second kappa shape index (κ2) is 7.69. The van der Waals surface area contributed by atoms with Crippen LogP contribution in [-0.2, 0) is 0 Å². The Bertz CT molecular complexity index is 442. The predicted molar refractivity (Wildman–Crippen MR) is 90.1 cm³/mol. The largest absolute Gasteiger partial charge is 0.496 e. The molecular weight excluding hydrogens is 384 g/mol. The lowest BCUT2D eigenvalue weighted by molar-refractivity contribution is 0.335. The molecule has 0 amide bonds. The van der Waals surface area contributed by atoms with Crippen molar-refractivity contribution in [2.45, 2.75) is 43.4 Å². The van der Waals surface area contributed by atoms with Gasteiger partial charge in [0.2, 0.25) is 0 Å². The van der Waals surface area contributed by atoms with E-state index in [1.807, 2.05) is 6.07 Å². The van der Waals surface area contributed by atoms with E-state index in [9.17, 15) is 0 Å². The molecule has 4 heteroatoms. The summed E-state index contributed by atoms with van der Waals surface area (Å²) >= 11 is 7.36. The molecule has 0 saturated heterocycles. The van der Waals surface area contributed by atoms with E-state index in [4.69, 9.17) is 9.47 Å². The normalized spacial score (nSPS) is 17.8. The average Bonchev–Trinajstić information content (AvgIpc) is 2.47. The number of halogens is 2. The lowest BCUT2D eigenvalue weighted by Gasteiger charge is -2.25. The second-order valence-electron chi connectivity index (χ2n) is 5.44. The van der Waals surface area contributed by atoms with Crippen LogP contribution in [0.25, 0.3) is 0 Å². The molecule has 1 unspecified atom stereocenters. The molecule has 0 N–H and O–H groups in total. The summed E-state index contributed by atoms with van der Waals surface area (Å²) in [5, 5.41) is 0. The summed E-state index contributed by atoms with van der Waals surface area (Å²) in [5.74, 6) is 2.59. The molecule has 1 saturated carbocycles. The van der Waals surface area contributed by atoms with Crippen molar-refractivity contribution in [3.05, 3.63) is 22.2 Å². The molecule has 1 aliphatic carbocycles. The molecule has 0 aromatic heterocycles. The van der Waals surface area contributed by atoms with Gasteiger partial charge in [0.15, 0.2) is 0 Å². The summed E-state index contributed by atoms with van der Waals surface area (Å²) in [6.45, 7) is 0. The Balaban J connectivity index is 2.16. The fraction of sp³-hybridized carbons (Fsp3) is 0.625. The molecule has 112 valence electrons. The van der Waals surface area contributed by atoms with Gasteiger partial charge in [-0.2, -0.15) is 0 Å². The van der Waals surface area contributed by atoms with E-state index in [0.29, 0.717) is 4.83 Å². The van der Waals surface area contributed by atoms with Crippen molar-refractivity contribution in [3.63, 3.8) is 0 Å². The van der Waals surface area contributed by atoms with Crippen LogP contribution in [0.3, 0.4) is 0 Å². The van der Waals surface area contributed by atoms with Crippen molar-refractivity contribution < 1.29 is 9.47 Å². The number of hydrogen-bond donors (Lipinski definition) is 0. The van der Waals surface area contributed by atoms with E-state index in [1.54, 1.807) is 14.2 Å². The smallest absolute Gasteiger partial charge is 0.133 e. The third-order valence-corrected chi connectivity index (χ3v) is 5.59. The van der Waals surface area contributed by atoms with Gasteiger partial charge in [0.05, 0.1) is 18.7 Å². The SMILES string of the molecule is COc1cc(C(Br)CC2CCCCC2)c(OC)cc1Br.